The van der Waals surface area contributed by atoms with Crippen LogP contribution in [0.2, 0.25) is 0 Å². The number of amides is 2. The highest BCUT2D eigenvalue weighted by Gasteiger charge is 2.36. The minimum Gasteiger partial charge on any atom is -0.384 e. The molecule has 0 bridgehead atoms. The van der Waals surface area contributed by atoms with Crippen molar-refractivity contribution in [1.29, 1.82) is 0 Å². The Morgan fingerprint density at radius 1 is 1.32 bits per heavy atom. The molecule has 0 saturated carbocycles. The van der Waals surface area contributed by atoms with Crippen LogP contribution in [0.3, 0.4) is 0 Å². The fraction of sp³-hybridized carbons (Fsp3) is 0.529. The Hall–Kier alpha value is -2.69. The first-order chi connectivity index (χ1) is 13.2. The number of carbonyl (C=O) groups is 2. The molecule has 0 spiro atoms. The van der Waals surface area contributed by atoms with Gasteiger partial charge in [0.25, 0.3) is 21.6 Å². The Labute approximate surface area is 163 Å². The molecule has 1 saturated heterocycles. The summed E-state index contributed by atoms with van der Waals surface area (Å²) in [7, 11) is -4.37. The van der Waals surface area contributed by atoms with Crippen molar-refractivity contribution >= 4 is 33.2 Å². The smallest absolute Gasteiger partial charge is 0.270 e. The molecule has 10 nitrogen and oxygen atoms in total. The summed E-state index contributed by atoms with van der Waals surface area (Å²) in [5, 5.41) is 13.8. The number of non-ortho nitro benzene ring substituents is 1. The van der Waals surface area contributed by atoms with Gasteiger partial charge in [-0.3, -0.25) is 19.7 Å². The van der Waals surface area contributed by atoms with Gasteiger partial charge >= 0.3 is 0 Å². The summed E-state index contributed by atoms with van der Waals surface area (Å²) < 4.78 is 27.5. The summed E-state index contributed by atoms with van der Waals surface area (Å²) in [4.78, 5) is 36.1. The van der Waals surface area contributed by atoms with Crippen molar-refractivity contribution < 1.29 is 22.9 Å². The summed E-state index contributed by atoms with van der Waals surface area (Å²) in [5.74, 6) is -1.00. The predicted molar refractivity (Wildman–Crippen MR) is 102 cm³/mol. The molecule has 1 aliphatic rings. The number of nitro benzene ring substituents is 1. The van der Waals surface area contributed by atoms with Gasteiger partial charge in [-0.15, -0.1) is 0 Å². The van der Waals surface area contributed by atoms with Gasteiger partial charge in [-0.05, 0) is 32.3 Å². The highest BCUT2D eigenvalue weighted by atomic mass is 32.2. The quantitative estimate of drug-likeness (QED) is 0.488. The molecule has 0 aliphatic carbocycles. The van der Waals surface area contributed by atoms with Gasteiger partial charge < -0.3 is 10.2 Å². The zero-order chi connectivity index (χ0) is 20.9. The van der Waals surface area contributed by atoms with Crippen molar-refractivity contribution in [3.05, 3.63) is 28.3 Å². The van der Waals surface area contributed by atoms with Crippen molar-refractivity contribution in [2.75, 3.05) is 18.4 Å². The molecule has 1 fully saturated rings. The fourth-order valence-electron chi connectivity index (χ4n) is 3.13. The van der Waals surface area contributed by atoms with Crippen LogP contribution in [-0.4, -0.2) is 49.2 Å². The van der Waals surface area contributed by atoms with E-state index in [4.69, 9.17) is 0 Å². The maximum Gasteiger partial charge on any atom is 0.270 e. The molecular formula is C17H24N4O6S. The third kappa shape index (κ3) is 4.77. The van der Waals surface area contributed by atoms with Crippen molar-refractivity contribution in [3.8, 4) is 0 Å². The molecule has 28 heavy (non-hydrogen) atoms. The molecule has 2 N–H and O–H groups in total. The van der Waals surface area contributed by atoms with Crippen molar-refractivity contribution in [1.82, 2.24) is 9.62 Å². The van der Waals surface area contributed by atoms with Gasteiger partial charge in [0.2, 0.25) is 5.91 Å². The Morgan fingerprint density at radius 2 is 2.04 bits per heavy atom. The van der Waals surface area contributed by atoms with Crippen LogP contribution in [0.15, 0.2) is 23.1 Å². The van der Waals surface area contributed by atoms with E-state index >= 15 is 0 Å². The third-order valence-corrected chi connectivity index (χ3v) is 5.79. The van der Waals surface area contributed by atoms with E-state index in [9.17, 15) is 28.1 Å². The van der Waals surface area contributed by atoms with Crippen molar-refractivity contribution in [2.45, 2.75) is 50.5 Å². The number of nitro groups is 1. The number of likely N-dealkylation sites (tertiary alicyclic amines) is 1. The molecular weight excluding hydrogens is 388 g/mol. The molecule has 2 amide bonds. The van der Waals surface area contributed by atoms with Crippen LogP contribution >= 0.6 is 0 Å². The highest BCUT2D eigenvalue weighted by molar-refractivity contribution is 7.90. The van der Waals surface area contributed by atoms with E-state index in [0.29, 0.717) is 32.4 Å². The van der Waals surface area contributed by atoms with Crippen LogP contribution in [0, 0.1) is 10.1 Å². The average Bonchev–Trinajstić information content (AvgIpc) is 3.12. The first-order valence-corrected chi connectivity index (χ1v) is 10.6. The number of rotatable bonds is 8. The summed E-state index contributed by atoms with van der Waals surface area (Å²) in [6.07, 6.45) is 1.88. The van der Waals surface area contributed by atoms with Crippen LogP contribution in [0.25, 0.3) is 0 Å². The largest absolute Gasteiger partial charge is 0.384 e. The molecule has 2 rings (SSSR count). The van der Waals surface area contributed by atoms with Gasteiger partial charge in [0.05, 0.1) is 10.6 Å². The van der Waals surface area contributed by atoms with Gasteiger partial charge in [0.15, 0.2) is 0 Å². The third-order valence-electron chi connectivity index (χ3n) is 4.41. The predicted octanol–water partition coefficient (Wildman–Crippen LogP) is 1.62. The zero-order valence-corrected chi connectivity index (χ0v) is 16.6. The lowest BCUT2D eigenvalue weighted by molar-refractivity contribution is -0.385. The maximum atomic E-state index is 12.8. The standard InChI is InChI=1S/C17H24N4O6S/c1-3-6-16(22)20-10-5-7-14(20)17(23)19-28(26,27)15-11-12(21(24)25)8-9-13(15)18-4-2/h8-9,11,14,18H,3-7,10H2,1-2H3,(H,19,23)/t14-/m0/s1. The van der Waals surface area contributed by atoms with Gasteiger partial charge in [-0.1, -0.05) is 6.92 Å². The number of nitrogens with one attached hydrogen (secondary N) is 2. The molecule has 1 aromatic carbocycles. The van der Waals surface area contributed by atoms with Gasteiger partial charge in [-0.2, -0.15) is 0 Å². The van der Waals surface area contributed by atoms with Crippen LogP contribution < -0.4 is 10.0 Å². The molecule has 1 aliphatic heterocycles. The minimum absolute atomic E-state index is 0.152. The number of hydrogen-bond donors (Lipinski definition) is 2. The second-order valence-electron chi connectivity index (χ2n) is 6.43. The van der Waals surface area contributed by atoms with E-state index in [1.54, 1.807) is 6.92 Å². The molecule has 1 atom stereocenters. The summed E-state index contributed by atoms with van der Waals surface area (Å²) >= 11 is 0. The fourth-order valence-corrected chi connectivity index (χ4v) is 4.35. The van der Waals surface area contributed by atoms with E-state index in [0.717, 1.165) is 6.07 Å². The lowest BCUT2D eigenvalue weighted by atomic mass is 10.2. The first-order valence-electron chi connectivity index (χ1n) is 9.09. The number of sulfonamides is 1. The van der Waals surface area contributed by atoms with Gasteiger partial charge in [0, 0.05) is 31.6 Å². The topological polar surface area (TPSA) is 139 Å². The Kier molecular flexibility index (Phi) is 6.95. The van der Waals surface area contributed by atoms with Gasteiger partial charge in [-0.25, -0.2) is 13.1 Å². The number of hydrogen-bond acceptors (Lipinski definition) is 7. The SMILES string of the molecule is CCCC(=O)N1CCC[C@H]1C(=O)NS(=O)(=O)c1cc([N+](=O)[O-])ccc1NCC. The molecule has 0 unspecified atom stereocenters. The lowest BCUT2D eigenvalue weighted by Crippen LogP contribution is -2.47. The van der Waals surface area contributed by atoms with Crippen LogP contribution in [-0.2, 0) is 19.6 Å². The summed E-state index contributed by atoms with van der Waals surface area (Å²) in [6, 6.07) is 2.51. The number of anilines is 1. The molecule has 154 valence electrons. The summed E-state index contributed by atoms with van der Waals surface area (Å²) in [5.41, 5.74) is -0.256. The molecule has 0 radical (unpaired) electrons. The Morgan fingerprint density at radius 3 is 2.64 bits per heavy atom. The van der Waals surface area contributed by atoms with E-state index in [1.807, 2.05) is 11.6 Å². The molecule has 1 heterocycles. The zero-order valence-electron chi connectivity index (χ0n) is 15.8. The Bertz CT molecular complexity index is 870. The lowest BCUT2D eigenvalue weighted by Gasteiger charge is -2.24. The molecule has 0 aromatic heterocycles. The maximum absolute atomic E-state index is 12.8. The average molecular weight is 412 g/mol. The normalized spacial score (nSPS) is 16.6. The van der Waals surface area contributed by atoms with E-state index in [1.165, 1.54) is 17.0 Å². The molecule has 11 heteroatoms. The van der Waals surface area contributed by atoms with E-state index < -0.39 is 32.6 Å². The second kappa shape index (κ2) is 9.00. The van der Waals surface area contributed by atoms with E-state index in [2.05, 4.69) is 5.32 Å². The second-order valence-corrected chi connectivity index (χ2v) is 8.08. The van der Waals surface area contributed by atoms with Crippen LogP contribution in [0.4, 0.5) is 11.4 Å². The highest BCUT2D eigenvalue weighted by Crippen LogP contribution is 2.27. The van der Waals surface area contributed by atoms with Crippen LogP contribution in [0.5, 0.6) is 0 Å². The van der Waals surface area contributed by atoms with Gasteiger partial charge in [0.1, 0.15) is 10.9 Å². The monoisotopic (exact) mass is 412 g/mol. The number of carbonyl (C=O) groups excluding carboxylic acids is 2. The number of nitrogens with zero attached hydrogens (tertiary/aromatic N) is 2. The Balaban J connectivity index is 2.29. The number of benzene rings is 1. The molecule has 1 aromatic rings. The van der Waals surface area contributed by atoms with Crippen molar-refractivity contribution in [2.24, 2.45) is 0 Å². The van der Waals surface area contributed by atoms with Crippen LogP contribution in [0.1, 0.15) is 39.5 Å². The van der Waals surface area contributed by atoms with Crippen molar-refractivity contribution in [3.63, 3.8) is 0 Å². The first kappa shape index (κ1) is 21.6. The summed E-state index contributed by atoms with van der Waals surface area (Å²) in [6.45, 7) is 4.37. The van der Waals surface area contributed by atoms with E-state index in [-0.39, 0.29) is 22.9 Å². The minimum atomic E-state index is -4.37.